The Kier molecular flexibility index (Phi) is 4.16. The number of anilines is 1. The molecule has 0 bridgehead atoms. The average Bonchev–Trinajstić information content (AvgIpc) is 3.00. The van der Waals surface area contributed by atoms with Gasteiger partial charge in [0.15, 0.2) is 0 Å². The van der Waals surface area contributed by atoms with E-state index >= 15 is 0 Å². The van der Waals surface area contributed by atoms with Gasteiger partial charge in [-0.3, -0.25) is 9.69 Å². The molecule has 0 saturated carbocycles. The molecule has 140 valence electrons. The van der Waals surface area contributed by atoms with Crippen LogP contribution in [0.1, 0.15) is 41.6 Å². The highest BCUT2D eigenvalue weighted by Gasteiger charge is 2.45. The Labute approximate surface area is 160 Å². The first-order valence-electron chi connectivity index (χ1n) is 10.1. The molecule has 2 aromatic carbocycles. The second-order valence-corrected chi connectivity index (χ2v) is 7.80. The Morgan fingerprint density at radius 1 is 1.07 bits per heavy atom. The zero-order chi connectivity index (χ0) is 18.4. The van der Waals surface area contributed by atoms with Gasteiger partial charge in [0.25, 0.3) is 0 Å². The van der Waals surface area contributed by atoms with Crippen LogP contribution in [-0.4, -0.2) is 43.2 Å². The highest BCUT2D eigenvalue weighted by Crippen LogP contribution is 2.48. The van der Waals surface area contributed by atoms with E-state index in [1.54, 1.807) is 5.56 Å². The van der Waals surface area contributed by atoms with Crippen LogP contribution in [0.15, 0.2) is 42.5 Å². The first kappa shape index (κ1) is 16.8. The third-order valence-electron chi connectivity index (χ3n) is 6.40. The van der Waals surface area contributed by atoms with Crippen molar-refractivity contribution in [3.63, 3.8) is 0 Å². The zero-order valence-corrected chi connectivity index (χ0v) is 15.9. The van der Waals surface area contributed by atoms with E-state index < -0.39 is 0 Å². The molecular weight excluding hydrogens is 336 g/mol. The Morgan fingerprint density at radius 2 is 1.89 bits per heavy atom. The Hall–Kier alpha value is -2.33. The van der Waals surface area contributed by atoms with Crippen LogP contribution < -0.4 is 4.90 Å². The lowest BCUT2D eigenvalue weighted by atomic mass is 9.96. The minimum atomic E-state index is -0.0812. The van der Waals surface area contributed by atoms with Crippen molar-refractivity contribution in [2.45, 2.75) is 38.3 Å². The predicted octanol–water partition coefficient (Wildman–Crippen LogP) is 3.33. The number of fused-ring (bicyclic) bond motifs is 2. The Balaban J connectivity index is 1.50. The first-order valence-corrected chi connectivity index (χ1v) is 10.1. The normalized spacial score (nSPS) is 22.8. The summed E-state index contributed by atoms with van der Waals surface area (Å²) in [5.74, 6) is -0.0812. The number of hydrogen-bond acceptors (Lipinski definition) is 4. The lowest BCUT2D eigenvalue weighted by molar-refractivity contribution is -0.143. The fraction of sp³-hybridized carbons (Fsp3) is 0.435. The van der Waals surface area contributed by atoms with E-state index in [0.717, 1.165) is 32.5 Å². The molecule has 1 saturated heterocycles. The van der Waals surface area contributed by atoms with E-state index in [1.165, 1.54) is 22.4 Å². The third kappa shape index (κ3) is 2.74. The molecule has 0 unspecified atom stereocenters. The standard InChI is InChI=1S/C23H26N2O2/c1-2-27-21(26)10-11-24-12-13-25-19-9-4-3-6-16(19)14-17-7-5-8-18-15-20(24)23(25)22(17)18/h3-9,20,23H,2,10-15H2,1H3/t20-,23+/m0/s1. The molecule has 0 spiro atoms. The van der Waals surface area contributed by atoms with Gasteiger partial charge >= 0.3 is 5.97 Å². The topological polar surface area (TPSA) is 32.8 Å². The van der Waals surface area contributed by atoms with Gasteiger partial charge in [0.05, 0.1) is 19.1 Å². The largest absolute Gasteiger partial charge is 0.466 e. The van der Waals surface area contributed by atoms with Crippen molar-refractivity contribution in [1.29, 1.82) is 0 Å². The van der Waals surface area contributed by atoms with Crippen molar-refractivity contribution in [2.24, 2.45) is 0 Å². The van der Waals surface area contributed by atoms with Crippen LogP contribution in [0.3, 0.4) is 0 Å². The molecule has 2 heterocycles. The van der Waals surface area contributed by atoms with Gasteiger partial charge in [0.2, 0.25) is 0 Å². The average molecular weight is 362 g/mol. The van der Waals surface area contributed by atoms with Crippen molar-refractivity contribution in [2.75, 3.05) is 31.1 Å². The van der Waals surface area contributed by atoms with Crippen LogP contribution in [0.25, 0.3) is 0 Å². The minimum Gasteiger partial charge on any atom is -0.466 e. The summed E-state index contributed by atoms with van der Waals surface area (Å²) < 4.78 is 5.15. The molecule has 4 nitrogen and oxygen atoms in total. The molecule has 2 aromatic rings. The van der Waals surface area contributed by atoms with Gasteiger partial charge in [-0.2, -0.15) is 0 Å². The summed E-state index contributed by atoms with van der Waals surface area (Å²) in [7, 11) is 0. The number of hydrogen-bond donors (Lipinski definition) is 0. The fourth-order valence-corrected chi connectivity index (χ4v) is 5.30. The van der Waals surface area contributed by atoms with E-state index in [0.29, 0.717) is 25.1 Å². The summed E-state index contributed by atoms with van der Waals surface area (Å²) in [4.78, 5) is 17.0. The maximum absolute atomic E-state index is 11.9. The van der Waals surface area contributed by atoms with Crippen molar-refractivity contribution < 1.29 is 9.53 Å². The lowest BCUT2D eigenvalue weighted by Crippen LogP contribution is -2.54. The van der Waals surface area contributed by atoms with Crippen molar-refractivity contribution in [3.05, 3.63) is 64.7 Å². The second kappa shape index (κ2) is 6.68. The molecule has 1 aliphatic carbocycles. The highest BCUT2D eigenvalue weighted by atomic mass is 16.5. The SMILES string of the molecule is CCOC(=O)CCN1CCN2c3ccccc3Cc3cccc4c3[C@H]2[C@@H]1C4. The molecular formula is C23H26N2O2. The summed E-state index contributed by atoms with van der Waals surface area (Å²) in [5, 5.41) is 0. The molecule has 2 atom stereocenters. The smallest absolute Gasteiger partial charge is 0.307 e. The zero-order valence-electron chi connectivity index (χ0n) is 15.9. The molecule has 0 radical (unpaired) electrons. The fourth-order valence-electron chi connectivity index (χ4n) is 5.30. The van der Waals surface area contributed by atoms with Crippen LogP contribution >= 0.6 is 0 Å². The summed E-state index contributed by atoms with van der Waals surface area (Å²) in [6.45, 7) is 5.13. The van der Waals surface area contributed by atoms with Crippen LogP contribution in [0.4, 0.5) is 5.69 Å². The number of para-hydroxylation sites is 1. The summed E-state index contributed by atoms with van der Waals surface area (Å²) in [5.41, 5.74) is 7.32. The van der Waals surface area contributed by atoms with Gasteiger partial charge in [-0.05, 0) is 48.1 Å². The van der Waals surface area contributed by atoms with Crippen LogP contribution in [-0.2, 0) is 22.4 Å². The monoisotopic (exact) mass is 362 g/mol. The number of carbonyl (C=O) groups excluding carboxylic acids is 1. The summed E-state index contributed by atoms with van der Waals surface area (Å²) in [6, 6.07) is 16.5. The van der Waals surface area contributed by atoms with E-state index in [2.05, 4.69) is 52.3 Å². The molecule has 5 rings (SSSR count). The molecule has 0 amide bonds. The number of esters is 1. The van der Waals surface area contributed by atoms with Gasteiger partial charge in [-0.15, -0.1) is 0 Å². The molecule has 2 aliphatic heterocycles. The number of ether oxygens (including phenoxy) is 1. The summed E-state index contributed by atoms with van der Waals surface area (Å²) in [6.07, 6.45) is 2.58. The number of carbonyl (C=O) groups is 1. The van der Waals surface area contributed by atoms with E-state index in [1.807, 2.05) is 6.92 Å². The molecule has 0 N–H and O–H groups in total. The molecule has 3 aliphatic rings. The van der Waals surface area contributed by atoms with Gasteiger partial charge < -0.3 is 9.64 Å². The minimum absolute atomic E-state index is 0.0812. The third-order valence-corrected chi connectivity index (χ3v) is 6.40. The van der Waals surface area contributed by atoms with Gasteiger partial charge in [0, 0.05) is 31.4 Å². The van der Waals surface area contributed by atoms with Crippen molar-refractivity contribution >= 4 is 11.7 Å². The van der Waals surface area contributed by atoms with Crippen LogP contribution in [0.2, 0.25) is 0 Å². The number of rotatable bonds is 4. The van der Waals surface area contributed by atoms with Crippen LogP contribution in [0.5, 0.6) is 0 Å². The van der Waals surface area contributed by atoms with Gasteiger partial charge in [0.1, 0.15) is 0 Å². The summed E-state index contributed by atoms with van der Waals surface area (Å²) >= 11 is 0. The van der Waals surface area contributed by atoms with Crippen molar-refractivity contribution in [3.8, 4) is 0 Å². The first-order chi connectivity index (χ1) is 13.3. The van der Waals surface area contributed by atoms with E-state index in [9.17, 15) is 4.79 Å². The Bertz CT molecular complexity index is 878. The highest BCUT2D eigenvalue weighted by molar-refractivity contribution is 5.69. The van der Waals surface area contributed by atoms with Crippen LogP contribution in [0, 0.1) is 0 Å². The van der Waals surface area contributed by atoms with Crippen molar-refractivity contribution in [1.82, 2.24) is 4.90 Å². The van der Waals surface area contributed by atoms with E-state index in [4.69, 9.17) is 4.74 Å². The van der Waals surface area contributed by atoms with E-state index in [-0.39, 0.29) is 5.97 Å². The molecule has 0 aromatic heterocycles. The Morgan fingerprint density at radius 3 is 2.78 bits per heavy atom. The lowest BCUT2D eigenvalue weighted by Gasteiger charge is -2.46. The van der Waals surface area contributed by atoms with Gasteiger partial charge in [-0.1, -0.05) is 36.4 Å². The number of nitrogens with zero attached hydrogens (tertiary/aromatic N) is 2. The predicted molar refractivity (Wildman–Crippen MR) is 106 cm³/mol. The molecule has 4 heteroatoms. The quantitative estimate of drug-likeness (QED) is 0.781. The maximum Gasteiger partial charge on any atom is 0.307 e. The number of piperazine rings is 1. The maximum atomic E-state index is 11.9. The molecule has 1 fully saturated rings. The molecule has 27 heavy (non-hydrogen) atoms. The second-order valence-electron chi connectivity index (χ2n) is 7.80. The number of benzene rings is 2. The van der Waals surface area contributed by atoms with Gasteiger partial charge in [-0.25, -0.2) is 0 Å².